The SMILES string of the molecule is NC(=O)c1ccn2[c]([AlH2])cnc2c1. The highest BCUT2D eigenvalue weighted by molar-refractivity contribution is 6.31. The fourth-order valence-corrected chi connectivity index (χ4v) is 1.77. The van der Waals surface area contributed by atoms with Gasteiger partial charge in [0.25, 0.3) is 16.3 Å². The second-order valence-electron chi connectivity index (χ2n) is 2.91. The van der Waals surface area contributed by atoms with E-state index in [4.69, 9.17) is 5.73 Å². The van der Waals surface area contributed by atoms with Gasteiger partial charge in [0, 0.05) is 18.0 Å². The lowest BCUT2D eigenvalue weighted by atomic mass is 10.2. The lowest BCUT2D eigenvalue weighted by Crippen LogP contribution is -2.13. The summed E-state index contributed by atoms with van der Waals surface area (Å²) in [5, 5.41) is 0. The first-order valence-electron chi connectivity index (χ1n) is 3.92. The van der Waals surface area contributed by atoms with E-state index >= 15 is 0 Å². The van der Waals surface area contributed by atoms with Crippen LogP contribution in [-0.2, 0) is 0 Å². The highest BCUT2D eigenvalue weighted by Crippen LogP contribution is 2.02. The van der Waals surface area contributed by atoms with Crippen LogP contribution in [0.5, 0.6) is 0 Å². The quantitative estimate of drug-likeness (QED) is 0.566. The number of carbonyl (C=O) groups excluding carboxylic acids is 1. The summed E-state index contributed by atoms with van der Waals surface area (Å²) in [6, 6.07) is 3.40. The van der Waals surface area contributed by atoms with Gasteiger partial charge in [-0.1, -0.05) is 0 Å². The van der Waals surface area contributed by atoms with Crippen molar-refractivity contribution in [3.8, 4) is 0 Å². The van der Waals surface area contributed by atoms with Gasteiger partial charge in [-0.05, 0) is 16.7 Å². The van der Waals surface area contributed by atoms with Crippen LogP contribution < -0.4 is 10.3 Å². The van der Waals surface area contributed by atoms with Gasteiger partial charge in [0.2, 0.25) is 5.91 Å². The highest BCUT2D eigenvalue weighted by Gasteiger charge is 2.03. The minimum atomic E-state index is -0.416. The maximum Gasteiger partial charge on any atom is 0.289 e. The van der Waals surface area contributed by atoms with Crippen LogP contribution in [-0.4, -0.2) is 31.6 Å². The molecule has 2 rings (SSSR count). The molecule has 13 heavy (non-hydrogen) atoms. The summed E-state index contributed by atoms with van der Waals surface area (Å²) in [5.74, 6) is -0.416. The molecule has 1 amide bonds. The van der Waals surface area contributed by atoms with Crippen molar-refractivity contribution in [1.82, 2.24) is 9.38 Å². The largest absolute Gasteiger partial charge is 0.366 e. The molecule has 0 spiro atoms. The molecule has 2 heterocycles. The molecule has 0 unspecified atom stereocenters. The Labute approximate surface area is 82.8 Å². The first-order chi connectivity index (χ1) is 6.18. The van der Waals surface area contributed by atoms with Crippen LogP contribution in [0.25, 0.3) is 5.65 Å². The first-order valence-corrected chi connectivity index (χ1v) is 4.92. The standard InChI is InChI=1S/C8H6N3O.Al.2H/c9-8(12)6-1-3-11-4-2-10-7(11)5-6;;;/h1-3,5H,(H2,9,12);;;. The fourth-order valence-electron chi connectivity index (χ4n) is 1.26. The highest BCUT2D eigenvalue weighted by atomic mass is 27.0. The van der Waals surface area contributed by atoms with Crippen LogP contribution in [0.15, 0.2) is 24.5 Å². The van der Waals surface area contributed by atoms with E-state index < -0.39 is 5.91 Å². The number of pyridine rings is 1. The third kappa shape index (κ3) is 1.33. The van der Waals surface area contributed by atoms with Gasteiger partial charge >= 0.3 is 0 Å². The lowest BCUT2D eigenvalue weighted by molar-refractivity contribution is 0.100. The summed E-state index contributed by atoms with van der Waals surface area (Å²) in [7, 11) is 0. The molecule has 0 aromatic carbocycles. The van der Waals surface area contributed by atoms with Gasteiger partial charge in [0.05, 0.1) is 0 Å². The molecule has 64 valence electrons. The van der Waals surface area contributed by atoms with Gasteiger partial charge in [-0.2, -0.15) is 0 Å². The summed E-state index contributed by atoms with van der Waals surface area (Å²) in [5.41, 5.74) is 6.42. The average molecular weight is 189 g/mol. The van der Waals surface area contributed by atoms with Crippen LogP contribution in [0, 0.1) is 0 Å². The van der Waals surface area contributed by atoms with Gasteiger partial charge in [0.1, 0.15) is 5.65 Å². The van der Waals surface area contributed by atoms with Gasteiger partial charge in [0.15, 0.2) is 0 Å². The van der Waals surface area contributed by atoms with Crippen molar-refractivity contribution in [2.45, 2.75) is 0 Å². The van der Waals surface area contributed by atoms with Crippen molar-refractivity contribution in [3.63, 3.8) is 0 Å². The molecule has 2 aromatic heterocycles. The minimum absolute atomic E-state index is 0.416. The summed E-state index contributed by atoms with van der Waals surface area (Å²) in [6.07, 6.45) is 3.64. The fraction of sp³-hybridized carbons (Fsp3) is 0. The molecule has 0 saturated heterocycles. The Kier molecular flexibility index (Phi) is 1.84. The second-order valence-corrected chi connectivity index (χ2v) is 3.93. The van der Waals surface area contributed by atoms with Crippen molar-refractivity contribution < 1.29 is 4.79 Å². The zero-order chi connectivity index (χ0) is 9.42. The topological polar surface area (TPSA) is 60.4 Å². The molecular weight excluding hydrogens is 181 g/mol. The van der Waals surface area contributed by atoms with E-state index in [2.05, 4.69) is 4.98 Å². The Morgan fingerprint density at radius 1 is 1.62 bits per heavy atom. The maximum atomic E-state index is 10.8. The number of rotatable bonds is 1. The molecule has 5 heteroatoms. The molecule has 2 N–H and O–H groups in total. The molecular formula is C8H8AlN3O. The predicted octanol–water partition coefficient (Wildman–Crippen LogP) is -1.31. The first kappa shape index (κ1) is 8.30. The predicted molar refractivity (Wildman–Crippen MR) is 51.9 cm³/mol. The van der Waals surface area contributed by atoms with E-state index in [1.165, 1.54) is 4.56 Å². The Balaban J connectivity index is 2.70. The molecule has 0 radical (unpaired) electrons. The Bertz CT molecular complexity index is 477. The van der Waals surface area contributed by atoms with Crippen molar-refractivity contribution >= 4 is 32.4 Å². The summed E-state index contributed by atoms with van der Waals surface area (Å²) >= 11 is 0.938. The van der Waals surface area contributed by atoms with Crippen molar-refractivity contribution in [2.24, 2.45) is 5.73 Å². The number of imidazole rings is 1. The third-order valence-corrected chi connectivity index (χ3v) is 2.72. The van der Waals surface area contributed by atoms with Crippen LogP contribution in [0.4, 0.5) is 0 Å². The van der Waals surface area contributed by atoms with Crippen LogP contribution in [0.3, 0.4) is 0 Å². The van der Waals surface area contributed by atoms with E-state index in [0.29, 0.717) is 5.56 Å². The van der Waals surface area contributed by atoms with Crippen molar-refractivity contribution in [1.29, 1.82) is 0 Å². The Morgan fingerprint density at radius 3 is 3.08 bits per heavy atom. The average Bonchev–Trinajstić information content (AvgIpc) is 2.47. The number of primary amides is 1. The molecule has 4 nitrogen and oxygen atoms in total. The number of hydrogen-bond acceptors (Lipinski definition) is 2. The Morgan fingerprint density at radius 2 is 2.38 bits per heavy atom. The van der Waals surface area contributed by atoms with E-state index in [0.717, 1.165) is 21.9 Å². The van der Waals surface area contributed by atoms with Crippen LogP contribution >= 0.6 is 0 Å². The van der Waals surface area contributed by atoms with Gasteiger partial charge in [-0.25, -0.2) is 4.98 Å². The molecule has 0 atom stereocenters. The number of aromatic nitrogens is 2. The molecule has 0 aliphatic carbocycles. The van der Waals surface area contributed by atoms with Gasteiger partial charge < -0.3 is 10.1 Å². The normalized spacial score (nSPS) is 10.5. The van der Waals surface area contributed by atoms with E-state index in [1.54, 1.807) is 12.1 Å². The van der Waals surface area contributed by atoms with Gasteiger partial charge in [-0.15, -0.1) is 0 Å². The summed E-state index contributed by atoms with van der Waals surface area (Å²) in [4.78, 5) is 15.0. The number of carbonyl (C=O) groups is 1. The van der Waals surface area contributed by atoms with E-state index in [1.807, 2.05) is 16.8 Å². The number of nitrogens with zero attached hydrogens (tertiary/aromatic N) is 2. The smallest absolute Gasteiger partial charge is 0.289 e. The van der Waals surface area contributed by atoms with Crippen molar-refractivity contribution in [2.75, 3.05) is 0 Å². The van der Waals surface area contributed by atoms with Crippen LogP contribution in [0.1, 0.15) is 10.4 Å². The summed E-state index contributed by atoms with van der Waals surface area (Å²) in [6.45, 7) is 0. The molecule has 0 aliphatic rings. The number of fused-ring (bicyclic) bond motifs is 1. The number of nitrogens with two attached hydrogens (primary N) is 1. The van der Waals surface area contributed by atoms with Crippen molar-refractivity contribution in [3.05, 3.63) is 30.1 Å². The van der Waals surface area contributed by atoms with E-state index in [-0.39, 0.29) is 0 Å². The molecule has 0 saturated carbocycles. The third-order valence-electron chi connectivity index (χ3n) is 1.98. The molecule has 2 aromatic rings. The minimum Gasteiger partial charge on any atom is -0.366 e. The monoisotopic (exact) mass is 189 g/mol. The molecule has 0 fully saturated rings. The Hall–Kier alpha value is -1.31. The van der Waals surface area contributed by atoms with Gasteiger partial charge in [-0.3, -0.25) is 4.79 Å². The van der Waals surface area contributed by atoms with Crippen LogP contribution in [0.2, 0.25) is 0 Å². The summed E-state index contributed by atoms with van der Waals surface area (Å²) < 4.78 is 3.13. The second kappa shape index (κ2) is 2.87. The zero-order valence-corrected chi connectivity index (χ0v) is 9.19. The van der Waals surface area contributed by atoms with E-state index in [9.17, 15) is 4.79 Å². The zero-order valence-electron chi connectivity index (χ0n) is 7.19. The maximum absolute atomic E-state index is 10.8. The number of hydrogen-bond donors (Lipinski definition) is 1. The number of amides is 1. The molecule has 0 bridgehead atoms. The molecule has 0 aliphatic heterocycles. The lowest BCUT2D eigenvalue weighted by Gasteiger charge is -1.98.